The summed E-state index contributed by atoms with van der Waals surface area (Å²) in [5.74, 6) is 1.10. The Bertz CT molecular complexity index is 1470. The fraction of sp³-hybridized carbons (Fsp3) is 0.115. The van der Waals surface area contributed by atoms with Crippen LogP contribution in [0.2, 0.25) is 0 Å². The molecular weight excluding hydrogens is 402 g/mol. The third kappa shape index (κ3) is 3.36. The highest BCUT2D eigenvalue weighted by molar-refractivity contribution is 5.97. The van der Waals surface area contributed by atoms with Crippen LogP contribution in [-0.2, 0) is 0 Å². The van der Waals surface area contributed by atoms with E-state index in [9.17, 15) is 4.79 Å². The lowest BCUT2D eigenvalue weighted by atomic mass is 10.0. The van der Waals surface area contributed by atoms with Crippen molar-refractivity contribution in [3.8, 4) is 28.2 Å². The Labute approximate surface area is 185 Å². The predicted octanol–water partition coefficient (Wildman–Crippen LogP) is 5.42. The van der Waals surface area contributed by atoms with Gasteiger partial charge in [-0.15, -0.1) is 0 Å². The second-order valence-electron chi connectivity index (χ2n) is 7.74. The minimum Gasteiger partial charge on any atom is -0.496 e. The molecule has 0 aliphatic heterocycles. The molecule has 0 radical (unpaired) electrons. The Morgan fingerprint density at radius 3 is 2.62 bits per heavy atom. The third-order valence-corrected chi connectivity index (χ3v) is 5.48. The summed E-state index contributed by atoms with van der Waals surface area (Å²) < 4.78 is 11.9. The van der Waals surface area contributed by atoms with E-state index in [0.29, 0.717) is 22.7 Å². The van der Waals surface area contributed by atoms with Gasteiger partial charge in [-0.1, -0.05) is 12.1 Å². The maximum absolute atomic E-state index is 12.3. The molecule has 158 valence electrons. The van der Waals surface area contributed by atoms with Gasteiger partial charge >= 0.3 is 0 Å². The molecule has 6 nitrogen and oxygen atoms in total. The van der Waals surface area contributed by atoms with Gasteiger partial charge < -0.3 is 14.1 Å². The van der Waals surface area contributed by atoms with Crippen LogP contribution in [0.15, 0.2) is 77.6 Å². The first-order chi connectivity index (χ1) is 15.5. The van der Waals surface area contributed by atoms with E-state index in [1.165, 1.54) is 4.90 Å². The number of benzene rings is 2. The topological polar surface area (TPSA) is 68.5 Å². The van der Waals surface area contributed by atoms with Crippen LogP contribution in [0.3, 0.4) is 0 Å². The van der Waals surface area contributed by atoms with Crippen LogP contribution in [0, 0.1) is 0 Å². The van der Waals surface area contributed by atoms with Gasteiger partial charge in [0.05, 0.1) is 12.7 Å². The molecule has 0 spiro atoms. The van der Waals surface area contributed by atoms with Gasteiger partial charge in [-0.05, 0) is 47.3 Å². The van der Waals surface area contributed by atoms with Crippen LogP contribution in [0.5, 0.6) is 5.75 Å². The van der Waals surface area contributed by atoms with Crippen molar-refractivity contribution in [2.45, 2.75) is 0 Å². The molecule has 0 saturated heterocycles. The lowest BCUT2D eigenvalue weighted by molar-refractivity contribution is 0.0827. The van der Waals surface area contributed by atoms with E-state index in [4.69, 9.17) is 9.15 Å². The van der Waals surface area contributed by atoms with Crippen LogP contribution in [0.4, 0.5) is 0 Å². The van der Waals surface area contributed by atoms with E-state index in [1.54, 1.807) is 45.7 Å². The van der Waals surface area contributed by atoms with Crippen molar-refractivity contribution in [3.63, 3.8) is 0 Å². The zero-order valence-electron chi connectivity index (χ0n) is 18.0. The summed E-state index contributed by atoms with van der Waals surface area (Å²) in [7, 11) is 5.02. The number of pyridine rings is 2. The van der Waals surface area contributed by atoms with Crippen molar-refractivity contribution in [2.75, 3.05) is 21.2 Å². The van der Waals surface area contributed by atoms with Gasteiger partial charge in [0.1, 0.15) is 17.0 Å². The van der Waals surface area contributed by atoms with E-state index in [2.05, 4.69) is 28.2 Å². The van der Waals surface area contributed by atoms with Crippen molar-refractivity contribution >= 4 is 27.8 Å². The molecule has 0 atom stereocenters. The third-order valence-electron chi connectivity index (χ3n) is 5.48. The first-order valence-corrected chi connectivity index (χ1v) is 10.2. The highest BCUT2D eigenvalue weighted by atomic mass is 16.5. The minimum atomic E-state index is -0.0887. The summed E-state index contributed by atoms with van der Waals surface area (Å²) in [4.78, 5) is 22.6. The second-order valence-corrected chi connectivity index (χ2v) is 7.74. The van der Waals surface area contributed by atoms with Crippen LogP contribution < -0.4 is 4.74 Å². The highest BCUT2D eigenvalue weighted by Crippen LogP contribution is 2.38. The fourth-order valence-electron chi connectivity index (χ4n) is 3.84. The Balaban J connectivity index is 1.62. The van der Waals surface area contributed by atoms with Gasteiger partial charge in [0.15, 0.2) is 5.58 Å². The summed E-state index contributed by atoms with van der Waals surface area (Å²) in [6, 6.07) is 17.4. The Hall–Kier alpha value is -4.19. The fourth-order valence-corrected chi connectivity index (χ4v) is 3.84. The molecule has 2 aromatic carbocycles. The van der Waals surface area contributed by atoms with Crippen molar-refractivity contribution in [2.24, 2.45) is 0 Å². The molecule has 0 aliphatic carbocycles. The Morgan fingerprint density at radius 2 is 1.81 bits per heavy atom. The van der Waals surface area contributed by atoms with Crippen molar-refractivity contribution < 1.29 is 13.9 Å². The maximum Gasteiger partial charge on any atom is 0.253 e. The number of carbonyl (C=O) groups is 1. The standard InChI is InChI=1S/C26H21N3O3/c1-29(2)26(30)18-6-7-21(23(13-18)31-3)24-14-22-25(32-24)20(9-11-28-22)17-5-4-16-8-10-27-15-19(16)12-17/h4-15H,1-3H3. The molecule has 6 heteroatoms. The number of ether oxygens (including phenoxy) is 1. The highest BCUT2D eigenvalue weighted by Gasteiger charge is 2.18. The summed E-state index contributed by atoms with van der Waals surface area (Å²) in [6.45, 7) is 0. The zero-order chi connectivity index (χ0) is 22.2. The average molecular weight is 423 g/mol. The number of rotatable bonds is 4. The van der Waals surface area contributed by atoms with Gasteiger partial charge in [0.25, 0.3) is 5.91 Å². The lowest BCUT2D eigenvalue weighted by Crippen LogP contribution is -2.21. The van der Waals surface area contributed by atoms with E-state index in [0.717, 1.165) is 33.0 Å². The quantitative estimate of drug-likeness (QED) is 0.386. The molecular formula is C26H21N3O3. The first kappa shape index (κ1) is 19.8. The monoisotopic (exact) mass is 423 g/mol. The van der Waals surface area contributed by atoms with Gasteiger partial charge in [0, 0.05) is 55.3 Å². The molecule has 0 bridgehead atoms. The summed E-state index contributed by atoms with van der Waals surface area (Å²) in [5, 5.41) is 2.19. The number of carbonyl (C=O) groups excluding carboxylic acids is 1. The molecule has 3 aromatic heterocycles. The number of hydrogen-bond donors (Lipinski definition) is 0. The minimum absolute atomic E-state index is 0.0887. The Morgan fingerprint density at radius 1 is 0.938 bits per heavy atom. The van der Waals surface area contributed by atoms with E-state index in [-0.39, 0.29) is 5.91 Å². The molecule has 5 rings (SSSR count). The number of aromatic nitrogens is 2. The van der Waals surface area contributed by atoms with Crippen LogP contribution >= 0.6 is 0 Å². The predicted molar refractivity (Wildman–Crippen MR) is 125 cm³/mol. The van der Waals surface area contributed by atoms with Crippen molar-refractivity contribution in [1.29, 1.82) is 0 Å². The zero-order valence-corrected chi connectivity index (χ0v) is 18.0. The van der Waals surface area contributed by atoms with Crippen LogP contribution in [0.25, 0.3) is 44.3 Å². The number of nitrogens with zero attached hydrogens (tertiary/aromatic N) is 3. The normalized spacial score (nSPS) is 11.1. The van der Waals surface area contributed by atoms with Gasteiger partial charge in [0.2, 0.25) is 0 Å². The Kier molecular flexibility index (Phi) is 4.82. The molecule has 0 unspecified atom stereocenters. The molecule has 5 aromatic rings. The van der Waals surface area contributed by atoms with Gasteiger partial charge in [-0.25, -0.2) is 0 Å². The largest absolute Gasteiger partial charge is 0.496 e. The second kappa shape index (κ2) is 7.81. The first-order valence-electron chi connectivity index (χ1n) is 10.2. The molecule has 0 fully saturated rings. The number of fused-ring (bicyclic) bond motifs is 2. The molecule has 0 N–H and O–H groups in total. The molecule has 0 saturated carbocycles. The van der Waals surface area contributed by atoms with Crippen molar-refractivity contribution in [1.82, 2.24) is 14.9 Å². The summed E-state index contributed by atoms with van der Waals surface area (Å²) >= 11 is 0. The van der Waals surface area contributed by atoms with Gasteiger partial charge in [-0.2, -0.15) is 0 Å². The lowest BCUT2D eigenvalue weighted by Gasteiger charge is -2.12. The van der Waals surface area contributed by atoms with E-state index >= 15 is 0 Å². The van der Waals surface area contributed by atoms with Gasteiger partial charge in [-0.3, -0.25) is 14.8 Å². The molecule has 0 aliphatic rings. The number of furan rings is 1. The van der Waals surface area contributed by atoms with E-state index in [1.807, 2.05) is 30.5 Å². The maximum atomic E-state index is 12.3. The van der Waals surface area contributed by atoms with Crippen LogP contribution in [-0.4, -0.2) is 42.0 Å². The SMILES string of the molecule is COc1cc(C(=O)N(C)C)ccc1-c1cc2nccc(-c3ccc4ccncc4c3)c2o1. The van der Waals surface area contributed by atoms with E-state index < -0.39 is 0 Å². The number of methoxy groups -OCH3 is 1. The average Bonchev–Trinajstić information content (AvgIpc) is 3.27. The van der Waals surface area contributed by atoms with Crippen molar-refractivity contribution in [3.05, 3.63) is 78.8 Å². The molecule has 3 heterocycles. The number of amides is 1. The number of hydrogen-bond acceptors (Lipinski definition) is 5. The molecule has 1 amide bonds. The summed E-state index contributed by atoms with van der Waals surface area (Å²) in [5.41, 5.74) is 4.73. The van der Waals surface area contributed by atoms with Crippen LogP contribution in [0.1, 0.15) is 10.4 Å². The summed E-state index contributed by atoms with van der Waals surface area (Å²) in [6.07, 6.45) is 5.42. The smallest absolute Gasteiger partial charge is 0.253 e. The molecule has 32 heavy (non-hydrogen) atoms.